The average Bonchev–Trinajstić information content (AvgIpc) is 2.47. The third kappa shape index (κ3) is 2.06. The van der Waals surface area contributed by atoms with Gasteiger partial charge in [0.1, 0.15) is 0 Å². The van der Waals surface area contributed by atoms with E-state index in [1.165, 1.54) is 16.8 Å². The van der Waals surface area contributed by atoms with Crippen LogP contribution < -0.4 is 10.2 Å². The molecule has 1 aromatic heterocycles. The lowest BCUT2D eigenvalue weighted by molar-refractivity contribution is 0.590. The lowest BCUT2D eigenvalue weighted by atomic mass is 10.1. The molecule has 0 amide bonds. The van der Waals surface area contributed by atoms with Crippen LogP contribution in [0.5, 0.6) is 0 Å². The fraction of sp³-hybridized carbons (Fsp3) is 0.400. The molecule has 3 rings (SSSR count). The van der Waals surface area contributed by atoms with Crippen LogP contribution in [0.2, 0.25) is 0 Å². The van der Waals surface area contributed by atoms with Crippen molar-refractivity contribution >= 4 is 16.6 Å². The number of aromatic nitrogens is 1. The first-order valence-electron chi connectivity index (χ1n) is 6.73. The molecule has 1 aliphatic rings. The quantitative estimate of drug-likeness (QED) is 0.873. The summed E-state index contributed by atoms with van der Waals surface area (Å²) in [5.74, 6) is 0. The van der Waals surface area contributed by atoms with Crippen molar-refractivity contribution in [2.45, 2.75) is 13.3 Å². The Morgan fingerprint density at radius 2 is 2.00 bits per heavy atom. The van der Waals surface area contributed by atoms with E-state index in [9.17, 15) is 0 Å². The van der Waals surface area contributed by atoms with Crippen molar-refractivity contribution in [3.8, 4) is 0 Å². The molecular formula is C15H19N3. The van der Waals surface area contributed by atoms with Crippen molar-refractivity contribution in [3.63, 3.8) is 0 Å². The Kier molecular flexibility index (Phi) is 3.15. The second-order valence-electron chi connectivity index (χ2n) is 4.74. The summed E-state index contributed by atoms with van der Waals surface area (Å²) in [5.41, 5.74) is 3.60. The third-order valence-corrected chi connectivity index (χ3v) is 3.58. The molecule has 3 heteroatoms. The summed E-state index contributed by atoms with van der Waals surface area (Å²) in [5, 5.41) is 4.63. The number of fused-ring (bicyclic) bond motifs is 1. The molecule has 3 nitrogen and oxygen atoms in total. The summed E-state index contributed by atoms with van der Waals surface area (Å²) in [6.07, 6.45) is 0.992. The minimum atomic E-state index is 0.992. The van der Waals surface area contributed by atoms with Crippen LogP contribution in [0.15, 0.2) is 30.3 Å². The molecule has 18 heavy (non-hydrogen) atoms. The first-order chi connectivity index (χ1) is 8.88. The van der Waals surface area contributed by atoms with Crippen molar-refractivity contribution in [1.29, 1.82) is 0 Å². The first kappa shape index (κ1) is 11.5. The van der Waals surface area contributed by atoms with Gasteiger partial charge < -0.3 is 10.2 Å². The number of aryl methyl sites for hydroxylation is 1. The van der Waals surface area contributed by atoms with E-state index < -0.39 is 0 Å². The number of anilines is 1. The zero-order chi connectivity index (χ0) is 12.4. The number of rotatable bonds is 2. The zero-order valence-electron chi connectivity index (χ0n) is 10.8. The van der Waals surface area contributed by atoms with Crippen molar-refractivity contribution in [3.05, 3.63) is 36.0 Å². The monoisotopic (exact) mass is 241 g/mol. The van der Waals surface area contributed by atoms with E-state index in [-0.39, 0.29) is 0 Å². The Balaban J connectivity index is 2.09. The van der Waals surface area contributed by atoms with Gasteiger partial charge in [-0.3, -0.25) is 4.98 Å². The van der Waals surface area contributed by atoms with Gasteiger partial charge in [-0.15, -0.1) is 0 Å². The van der Waals surface area contributed by atoms with Crippen molar-refractivity contribution < 1.29 is 0 Å². The molecule has 0 radical (unpaired) electrons. The SMILES string of the molecule is CCc1ccc2cccc(N3CCNCC3)c2n1. The number of nitrogens with zero attached hydrogens (tertiary/aromatic N) is 2. The lowest BCUT2D eigenvalue weighted by Crippen LogP contribution is -2.43. The second-order valence-corrected chi connectivity index (χ2v) is 4.74. The van der Waals surface area contributed by atoms with Crippen LogP contribution in [-0.4, -0.2) is 31.2 Å². The highest BCUT2D eigenvalue weighted by atomic mass is 15.2. The van der Waals surface area contributed by atoms with E-state index in [0.717, 1.165) is 38.1 Å². The van der Waals surface area contributed by atoms with Crippen LogP contribution >= 0.6 is 0 Å². The Morgan fingerprint density at radius 3 is 2.78 bits per heavy atom. The zero-order valence-corrected chi connectivity index (χ0v) is 10.8. The number of para-hydroxylation sites is 1. The molecule has 0 bridgehead atoms. The lowest BCUT2D eigenvalue weighted by Gasteiger charge is -2.30. The van der Waals surface area contributed by atoms with Gasteiger partial charge in [0.2, 0.25) is 0 Å². The van der Waals surface area contributed by atoms with Gasteiger partial charge in [0.15, 0.2) is 0 Å². The number of pyridine rings is 1. The van der Waals surface area contributed by atoms with E-state index >= 15 is 0 Å². The number of piperazine rings is 1. The molecule has 1 N–H and O–H groups in total. The average molecular weight is 241 g/mol. The summed E-state index contributed by atoms with van der Waals surface area (Å²) in [6.45, 7) is 6.41. The minimum absolute atomic E-state index is 0.992. The fourth-order valence-corrected chi connectivity index (χ4v) is 2.53. The highest BCUT2D eigenvalue weighted by Gasteiger charge is 2.13. The largest absolute Gasteiger partial charge is 0.367 e. The van der Waals surface area contributed by atoms with Gasteiger partial charge in [-0.2, -0.15) is 0 Å². The molecule has 2 heterocycles. The third-order valence-electron chi connectivity index (χ3n) is 3.58. The maximum atomic E-state index is 4.81. The van der Waals surface area contributed by atoms with Crippen LogP contribution in [0.3, 0.4) is 0 Å². The van der Waals surface area contributed by atoms with Crippen LogP contribution in [-0.2, 0) is 6.42 Å². The van der Waals surface area contributed by atoms with Gasteiger partial charge in [0.25, 0.3) is 0 Å². The fourth-order valence-electron chi connectivity index (χ4n) is 2.53. The normalized spacial score (nSPS) is 16.2. The Labute approximate surface area is 108 Å². The summed E-state index contributed by atoms with van der Waals surface area (Å²) in [6, 6.07) is 10.8. The topological polar surface area (TPSA) is 28.2 Å². The number of hydrogen-bond acceptors (Lipinski definition) is 3. The van der Waals surface area contributed by atoms with Crippen molar-refractivity contribution in [2.24, 2.45) is 0 Å². The van der Waals surface area contributed by atoms with Gasteiger partial charge in [-0.25, -0.2) is 0 Å². The number of benzene rings is 1. The molecule has 1 saturated heterocycles. The highest BCUT2D eigenvalue weighted by molar-refractivity contribution is 5.91. The van der Waals surface area contributed by atoms with E-state index in [4.69, 9.17) is 4.98 Å². The maximum absolute atomic E-state index is 4.81. The summed E-state index contributed by atoms with van der Waals surface area (Å²) >= 11 is 0. The highest BCUT2D eigenvalue weighted by Crippen LogP contribution is 2.25. The van der Waals surface area contributed by atoms with Gasteiger partial charge in [-0.1, -0.05) is 25.1 Å². The second kappa shape index (κ2) is 4.94. The molecule has 0 atom stereocenters. The van der Waals surface area contributed by atoms with E-state index in [1.54, 1.807) is 0 Å². The molecule has 1 aliphatic heterocycles. The van der Waals surface area contributed by atoms with E-state index in [2.05, 4.69) is 47.5 Å². The van der Waals surface area contributed by atoms with Crippen LogP contribution in [0.4, 0.5) is 5.69 Å². The molecule has 2 aromatic rings. The Morgan fingerprint density at radius 1 is 1.17 bits per heavy atom. The Bertz CT molecular complexity index is 544. The maximum Gasteiger partial charge on any atom is 0.0938 e. The van der Waals surface area contributed by atoms with Crippen molar-refractivity contribution in [2.75, 3.05) is 31.1 Å². The molecule has 0 spiro atoms. The van der Waals surface area contributed by atoms with E-state index in [0.29, 0.717) is 0 Å². The molecule has 1 aromatic carbocycles. The summed E-state index contributed by atoms with van der Waals surface area (Å²) in [7, 11) is 0. The predicted octanol–water partition coefficient (Wildman–Crippen LogP) is 2.21. The molecular weight excluding hydrogens is 222 g/mol. The number of hydrogen-bond donors (Lipinski definition) is 1. The molecule has 0 unspecified atom stereocenters. The van der Waals surface area contributed by atoms with Crippen molar-refractivity contribution in [1.82, 2.24) is 10.3 Å². The van der Waals surface area contributed by atoms with Crippen LogP contribution in [0.25, 0.3) is 10.9 Å². The minimum Gasteiger partial charge on any atom is -0.367 e. The van der Waals surface area contributed by atoms with E-state index in [1.807, 2.05) is 0 Å². The summed E-state index contributed by atoms with van der Waals surface area (Å²) < 4.78 is 0. The summed E-state index contributed by atoms with van der Waals surface area (Å²) in [4.78, 5) is 7.24. The van der Waals surface area contributed by atoms with Crippen LogP contribution in [0.1, 0.15) is 12.6 Å². The smallest absolute Gasteiger partial charge is 0.0938 e. The number of nitrogens with one attached hydrogen (secondary N) is 1. The standard InChI is InChI=1S/C15H19N3/c1-2-13-7-6-12-4-3-5-14(15(12)17-13)18-10-8-16-9-11-18/h3-7,16H,2,8-11H2,1H3. The first-order valence-corrected chi connectivity index (χ1v) is 6.73. The van der Waals surface area contributed by atoms with Gasteiger partial charge >= 0.3 is 0 Å². The molecule has 94 valence electrons. The predicted molar refractivity (Wildman–Crippen MR) is 76.2 cm³/mol. The van der Waals surface area contributed by atoms with Gasteiger partial charge in [-0.05, 0) is 18.6 Å². The van der Waals surface area contributed by atoms with Gasteiger partial charge in [0, 0.05) is 37.3 Å². The molecule has 0 saturated carbocycles. The Hall–Kier alpha value is -1.61. The van der Waals surface area contributed by atoms with Gasteiger partial charge in [0.05, 0.1) is 11.2 Å². The molecule has 1 fully saturated rings. The molecule has 0 aliphatic carbocycles. The van der Waals surface area contributed by atoms with Crippen LogP contribution in [0, 0.1) is 0 Å².